The predicted octanol–water partition coefficient (Wildman–Crippen LogP) is 7.01. The maximum absolute atomic E-state index is 11.8. The summed E-state index contributed by atoms with van der Waals surface area (Å²) in [6.45, 7) is 18.4. The first-order chi connectivity index (χ1) is 13.5. The van der Waals surface area contributed by atoms with Crippen LogP contribution in [0.2, 0.25) is 0 Å². The second-order valence-electron chi connectivity index (χ2n) is 9.95. The van der Waals surface area contributed by atoms with Crippen LogP contribution in [0.5, 0.6) is 0 Å². The highest BCUT2D eigenvalue weighted by Gasteiger charge is 2.38. The van der Waals surface area contributed by atoms with Crippen LogP contribution < -0.4 is 0 Å². The summed E-state index contributed by atoms with van der Waals surface area (Å²) in [5.74, 6) is 0.0880. The van der Waals surface area contributed by atoms with Crippen LogP contribution in [0.15, 0.2) is 43.0 Å². The predicted molar refractivity (Wildman–Crippen MR) is 122 cm³/mol. The molecular weight excluding hydrogens is 356 g/mol. The van der Waals surface area contributed by atoms with Gasteiger partial charge in [0.05, 0.1) is 12.7 Å². The quantitative estimate of drug-likeness (QED) is 0.525. The van der Waals surface area contributed by atoms with Gasteiger partial charge in [0.15, 0.2) is 0 Å². The molecule has 0 spiro atoms. The molecule has 3 rings (SSSR count). The van der Waals surface area contributed by atoms with Crippen molar-refractivity contribution in [1.82, 2.24) is 0 Å². The van der Waals surface area contributed by atoms with Crippen LogP contribution in [0.4, 0.5) is 0 Å². The first kappa shape index (κ1) is 21.4. The number of benzene rings is 2. The molecule has 0 amide bonds. The van der Waals surface area contributed by atoms with Gasteiger partial charge in [-0.25, -0.2) is 4.79 Å². The topological polar surface area (TPSA) is 26.3 Å². The van der Waals surface area contributed by atoms with Crippen molar-refractivity contribution in [2.24, 2.45) is 0 Å². The molecular formula is C27H34O2. The molecule has 29 heavy (non-hydrogen) atoms. The molecule has 2 aromatic carbocycles. The van der Waals surface area contributed by atoms with Crippen molar-refractivity contribution in [3.63, 3.8) is 0 Å². The van der Waals surface area contributed by atoms with E-state index < -0.39 is 0 Å². The third-order valence-corrected chi connectivity index (χ3v) is 6.62. The minimum atomic E-state index is -0.317. The van der Waals surface area contributed by atoms with Crippen LogP contribution in [0.3, 0.4) is 0 Å². The maximum Gasteiger partial charge on any atom is 0.337 e. The molecule has 1 aliphatic carbocycles. The van der Waals surface area contributed by atoms with E-state index in [2.05, 4.69) is 60.3 Å². The average Bonchev–Trinajstić information content (AvgIpc) is 2.69. The second-order valence-corrected chi connectivity index (χ2v) is 9.95. The van der Waals surface area contributed by atoms with Crippen molar-refractivity contribution in [2.75, 3.05) is 7.11 Å². The van der Waals surface area contributed by atoms with E-state index in [9.17, 15) is 4.79 Å². The Morgan fingerprint density at radius 1 is 0.931 bits per heavy atom. The highest BCUT2D eigenvalue weighted by atomic mass is 16.5. The Morgan fingerprint density at radius 2 is 1.41 bits per heavy atom. The van der Waals surface area contributed by atoms with Crippen LogP contribution in [0, 0.1) is 0 Å². The summed E-state index contributed by atoms with van der Waals surface area (Å²) in [6, 6.07) is 12.4. The Hall–Kier alpha value is -2.35. The van der Waals surface area contributed by atoms with Crippen LogP contribution in [0.1, 0.15) is 98.5 Å². The van der Waals surface area contributed by atoms with Gasteiger partial charge in [-0.3, -0.25) is 0 Å². The summed E-state index contributed by atoms with van der Waals surface area (Å²) in [4.78, 5) is 11.8. The summed E-state index contributed by atoms with van der Waals surface area (Å²) in [5, 5.41) is 0. The first-order valence-corrected chi connectivity index (χ1v) is 10.5. The van der Waals surface area contributed by atoms with Crippen molar-refractivity contribution in [2.45, 2.75) is 71.1 Å². The van der Waals surface area contributed by atoms with Crippen LogP contribution in [0.25, 0.3) is 5.57 Å². The number of carbonyl (C=O) groups excluding carboxylic acids is 1. The average molecular weight is 391 g/mol. The lowest BCUT2D eigenvalue weighted by Crippen LogP contribution is -2.34. The Morgan fingerprint density at radius 3 is 1.90 bits per heavy atom. The Labute approximate surface area is 176 Å². The molecule has 0 bridgehead atoms. The fourth-order valence-corrected chi connectivity index (χ4v) is 4.45. The molecule has 0 saturated heterocycles. The van der Waals surface area contributed by atoms with E-state index >= 15 is 0 Å². The second kappa shape index (κ2) is 7.48. The number of fused-ring (bicyclic) bond motifs is 1. The van der Waals surface area contributed by atoms with Gasteiger partial charge in [0.1, 0.15) is 0 Å². The number of esters is 1. The van der Waals surface area contributed by atoms with Crippen molar-refractivity contribution < 1.29 is 9.53 Å². The largest absolute Gasteiger partial charge is 0.465 e. The van der Waals surface area contributed by atoms with Gasteiger partial charge in [-0.2, -0.15) is 0 Å². The van der Waals surface area contributed by atoms with Gasteiger partial charge in [0.2, 0.25) is 0 Å². The van der Waals surface area contributed by atoms with E-state index in [0.717, 1.165) is 11.1 Å². The first-order valence-electron chi connectivity index (χ1n) is 10.5. The lowest BCUT2D eigenvalue weighted by molar-refractivity contribution is 0.0600. The zero-order valence-electron chi connectivity index (χ0n) is 19.0. The molecule has 0 atom stereocenters. The van der Waals surface area contributed by atoms with Gasteiger partial charge < -0.3 is 4.74 Å². The summed E-state index contributed by atoms with van der Waals surface area (Å²) < 4.78 is 4.82. The van der Waals surface area contributed by atoms with E-state index in [4.69, 9.17) is 4.74 Å². The number of ether oxygens (including phenoxy) is 1. The van der Waals surface area contributed by atoms with Crippen molar-refractivity contribution >= 4 is 11.5 Å². The molecule has 0 aromatic heterocycles. The number of methoxy groups -OCH3 is 1. The monoisotopic (exact) mass is 390 g/mol. The van der Waals surface area contributed by atoms with Crippen LogP contribution in [-0.2, 0) is 15.6 Å². The van der Waals surface area contributed by atoms with Crippen molar-refractivity contribution in [1.29, 1.82) is 0 Å². The van der Waals surface area contributed by atoms with Crippen LogP contribution in [-0.4, -0.2) is 13.1 Å². The molecule has 0 N–H and O–H groups in total. The normalized spacial score (nSPS) is 17.0. The summed E-state index contributed by atoms with van der Waals surface area (Å²) >= 11 is 0. The fourth-order valence-electron chi connectivity index (χ4n) is 4.45. The van der Waals surface area contributed by atoms with E-state index in [1.54, 1.807) is 0 Å². The van der Waals surface area contributed by atoms with E-state index in [0.29, 0.717) is 11.5 Å². The number of carbonyl (C=O) groups is 1. The third kappa shape index (κ3) is 3.90. The zero-order chi connectivity index (χ0) is 21.6. The molecule has 0 unspecified atom stereocenters. The smallest absolute Gasteiger partial charge is 0.337 e. The van der Waals surface area contributed by atoms with Gasteiger partial charge in [-0.1, -0.05) is 72.4 Å². The Kier molecular flexibility index (Phi) is 5.51. The number of hydrogen-bond acceptors (Lipinski definition) is 2. The molecule has 0 fully saturated rings. The van der Waals surface area contributed by atoms with Crippen molar-refractivity contribution in [3.05, 3.63) is 76.4 Å². The molecule has 0 heterocycles. The summed E-state index contributed by atoms with van der Waals surface area (Å²) in [5.41, 5.74) is 8.43. The van der Waals surface area contributed by atoms with Gasteiger partial charge in [0.25, 0.3) is 0 Å². The van der Waals surface area contributed by atoms with Crippen LogP contribution >= 0.6 is 0 Å². The standard InChI is InChI=1S/C27H34O2/c1-17(2)21-15-23-24(27(6,7)14-13-26(23,4)5)16-22(21)18(3)19-9-11-20(12-10-19)25(28)29-8/h9-12,15-17H,3,13-14H2,1-2,4-8H3. The molecule has 1 aliphatic rings. The molecule has 0 radical (unpaired) electrons. The third-order valence-electron chi connectivity index (χ3n) is 6.62. The number of rotatable bonds is 4. The molecule has 154 valence electrons. The summed E-state index contributed by atoms with van der Waals surface area (Å²) in [6.07, 6.45) is 2.40. The molecule has 0 aliphatic heterocycles. The van der Waals surface area contributed by atoms with E-state index in [1.807, 2.05) is 24.3 Å². The van der Waals surface area contributed by atoms with Gasteiger partial charge in [-0.15, -0.1) is 0 Å². The van der Waals surface area contributed by atoms with Crippen molar-refractivity contribution in [3.8, 4) is 0 Å². The highest BCUT2D eigenvalue weighted by molar-refractivity contribution is 5.90. The fraction of sp³-hybridized carbons (Fsp3) is 0.444. The zero-order valence-corrected chi connectivity index (χ0v) is 19.0. The Balaban J connectivity index is 2.13. The highest BCUT2D eigenvalue weighted by Crippen LogP contribution is 2.48. The molecule has 0 saturated carbocycles. The van der Waals surface area contributed by atoms with E-state index in [-0.39, 0.29) is 16.8 Å². The minimum absolute atomic E-state index is 0.157. The Bertz CT molecular complexity index is 943. The van der Waals surface area contributed by atoms with E-state index in [1.165, 1.54) is 42.2 Å². The summed E-state index contributed by atoms with van der Waals surface area (Å²) in [7, 11) is 1.40. The van der Waals surface area contributed by atoms with Gasteiger partial charge in [-0.05, 0) is 75.1 Å². The molecule has 2 nitrogen and oxygen atoms in total. The minimum Gasteiger partial charge on any atom is -0.465 e. The van der Waals surface area contributed by atoms with Gasteiger partial charge in [0, 0.05) is 0 Å². The lowest BCUT2D eigenvalue weighted by atomic mass is 9.62. The number of hydrogen-bond donors (Lipinski definition) is 0. The van der Waals surface area contributed by atoms with Gasteiger partial charge >= 0.3 is 5.97 Å². The lowest BCUT2D eigenvalue weighted by Gasteiger charge is -2.43. The molecule has 2 aromatic rings. The SMILES string of the molecule is C=C(c1ccc(C(=O)OC)cc1)c1cc2c(cc1C(C)C)C(C)(C)CCC2(C)C. The molecule has 2 heteroatoms. The maximum atomic E-state index is 11.8.